The van der Waals surface area contributed by atoms with E-state index in [-0.39, 0.29) is 4.66 Å². The monoisotopic (exact) mass is 320 g/mol. The van der Waals surface area contributed by atoms with E-state index in [1.807, 2.05) is 0 Å². The van der Waals surface area contributed by atoms with Crippen molar-refractivity contribution in [2.24, 2.45) is 0 Å². The Morgan fingerprint density at radius 1 is 1.50 bits per heavy atom. The van der Waals surface area contributed by atoms with Gasteiger partial charge in [0, 0.05) is 4.88 Å². The second-order valence-electron chi connectivity index (χ2n) is 3.50. The number of nitriles is 1. The summed E-state index contributed by atoms with van der Waals surface area (Å²) in [5, 5.41) is 9.52. The molecule has 0 atom stereocenters. The maximum absolute atomic E-state index is 11.4. The molecule has 7 heteroatoms. The van der Waals surface area contributed by atoms with Crippen LogP contribution in [0.25, 0.3) is 0 Å². The first kappa shape index (κ1) is 11.9. The molecule has 16 heavy (non-hydrogen) atoms. The summed E-state index contributed by atoms with van der Waals surface area (Å²) in [6.45, 7) is 0. The Hall–Kier alpha value is -0.580. The van der Waals surface area contributed by atoms with Crippen LogP contribution >= 0.6 is 27.3 Å². The Bertz CT molecular complexity index is 557. The third-order valence-corrected chi connectivity index (χ3v) is 6.37. The number of hydrogen-bond donors (Lipinski definition) is 1. The summed E-state index contributed by atoms with van der Waals surface area (Å²) >= 11 is 4.28. The number of rotatable bonds is 3. The van der Waals surface area contributed by atoms with Crippen molar-refractivity contribution in [3.05, 3.63) is 16.0 Å². The summed E-state index contributed by atoms with van der Waals surface area (Å²) in [6.07, 6.45) is 2.89. The molecule has 0 bridgehead atoms. The molecule has 86 valence electrons. The van der Waals surface area contributed by atoms with Gasteiger partial charge in [-0.1, -0.05) is 15.9 Å². The minimum Gasteiger partial charge on any atom is -0.273 e. The topological polar surface area (TPSA) is 70.0 Å². The van der Waals surface area contributed by atoms with E-state index in [0.717, 1.165) is 29.7 Å². The Morgan fingerprint density at radius 2 is 2.25 bits per heavy atom. The van der Waals surface area contributed by atoms with Crippen LogP contribution in [-0.4, -0.2) is 13.1 Å². The van der Waals surface area contributed by atoms with E-state index in [0.29, 0.717) is 10.6 Å². The molecule has 1 aliphatic rings. The van der Waals surface area contributed by atoms with E-state index in [2.05, 4.69) is 26.7 Å². The fourth-order valence-electron chi connectivity index (χ4n) is 1.76. The summed E-state index contributed by atoms with van der Waals surface area (Å²) in [7, 11) is -3.37. The van der Waals surface area contributed by atoms with Crippen molar-refractivity contribution >= 4 is 42.3 Å². The van der Waals surface area contributed by atoms with Crippen molar-refractivity contribution in [3.8, 4) is 6.07 Å². The van der Waals surface area contributed by atoms with E-state index >= 15 is 0 Å². The third kappa shape index (κ3) is 2.10. The number of hydrogen-bond acceptors (Lipinski definition) is 4. The van der Waals surface area contributed by atoms with Gasteiger partial charge in [0.15, 0.2) is 0 Å². The number of thiophene rings is 1. The standard InChI is InChI=1S/C9H9BrN2O2S2/c10-5-16(13,14)12-9-7(4-11)6-2-1-3-8(6)15-9/h12H,1-3,5H2. The predicted octanol–water partition coefficient (Wildman–Crippen LogP) is 2.20. The molecule has 0 fully saturated rings. The van der Waals surface area contributed by atoms with Crippen LogP contribution in [0.3, 0.4) is 0 Å². The quantitative estimate of drug-likeness (QED) is 0.868. The van der Waals surface area contributed by atoms with Crippen LogP contribution in [0.4, 0.5) is 5.00 Å². The van der Waals surface area contributed by atoms with Crippen LogP contribution in [0.5, 0.6) is 0 Å². The van der Waals surface area contributed by atoms with Gasteiger partial charge in [-0.15, -0.1) is 11.3 Å². The average Bonchev–Trinajstić information content (AvgIpc) is 2.77. The van der Waals surface area contributed by atoms with Gasteiger partial charge >= 0.3 is 0 Å². The first-order chi connectivity index (χ1) is 7.57. The van der Waals surface area contributed by atoms with Crippen LogP contribution in [0.1, 0.15) is 22.4 Å². The van der Waals surface area contributed by atoms with Crippen molar-refractivity contribution in [2.45, 2.75) is 19.3 Å². The lowest BCUT2D eigenvalue weighted by Gasteiger charge is -2.03. The number of nitrogens with one attached hydrogen (secondary N) is 1. The highest BCUT2D eigenvalue weighted by Crippen LogP contribution is 2.38. The van der Waals surface area contributed by atoms with Gasteiger partial charge in [0.1, 0.15) is 15.7 Å². The molecule has 0 amide bonds. The van der Waals surface area contributed by atoms with Gasteiger partial charge < -0.3 is 0 Å². The molecule has 1 heterocycles. The number of fused-ring (bicyclic) bond motifs is 1. The number of anilines is 1. The van der Waals surface area contributed by atoms with Gasteiger partial charge in [-0.05, 0) is 24.8 Å². The van der Waals surface area contributed by atoms with Gasteiger partial charge in [0.2, 0.25) is 10.0 Å². The van der Waals surface area contributed by atoms with Gasteiger partial charge in [-0.3, -0.25) is 4.72 Å². The number of alkyl halides is 1. The lowest BCUT2D eigenvalue weighted by atomic mass is 10.1. The van der Waals surface area contributed by atoms with E-state index in [9.17, 15) is 8.42 Å². The average molecular weight is 321 g/mol. The van der Waals surface area contributed by atoms with Crippen LogP contribution in [0.15, 0.2) is 0 Å². The highest BCUT2D eigenvalue weighted by molar-refractivity contribution is 9.10. The van der Waals surface area contributed by atoms with Crippen molar-refractivity contribution < 1.29 is 8.42 Å². The SMILES string of the molecule is N#Cc1c(NS(=O)(=O)CBr)sc2c1CCC2. The first-order valence-corrected chi connectivity index (χ1v) is 8.27. The van der Waals surface area contributed by atoms with Crippen LogP contribution in [0, 0.1) is 11.3 Å². The summed E-state index contributed by atoms with van der Waals surface area (Å²) < 4.78 is 25.1. The summed E-state index contributed by atoms with van der Waals surface area (Å²) in [5.74, 6) is 0. The second kappa shape index (κ2) is 4.35. The van der Waals surface area contributed by atoms with E-state index in [4.69, 9.17) is 5.26 Å². The largest absolute Gasteiger partial charge is 0.273 e. The molecule has 0 saturated heterocycles. The molecular weight excluding hydrogens is 312 g/mol. The van der Waals surface area contributed by atoms with Crippen molar-refractivity contribution in [1.82, 2.24) is 0 Å². The molecule has 0 spiro atoms. The number of aryl methyl sites for hydroxylation is 1. The zero-order chi connectivity index (χ0) is 11.8. The highest BCUT2D eigenvalue weighted by Gasteiger charge is 2.24. The molecule has 0 unspecified atom stereocenters. The minimum absolute atomic E-state index is 0.159. The van der Waals surface area contributed by atoms with Gasteiger partial charge in [-0.25, -0.2) is 8.42 Å². The zero-order valence-corrected chi connectivity index (χ0v) is 11.5. The van der Waals surface area contributed by atoms with Crippen LogP contribution in [-0.2, 0) is 22.9 Å². The molecule has 1 N–H and O–H groups in total. The Morgan fingerprint density at radius 3 is 2.88 bits per heavy atom. The lowest BCUT2D eigenvalue weighted by molar-refractivity contribution is 0.606. The predicted molar refractivity (Wildman–Crippen MR) is 67.4 cm³/mol. The number of halogens is 1. The molecular formula is C9H9BrN2O2S2. The van der Waals surface area contributed by atoms with Crippen LogP contribution < -0.4 is 4.72 Å². The lowest BCUT2D eigenvalue weighted by Crippen LogP contribution is -2.13. The first-order valence-electron chi connectivity index (χ1n) is 4.68. The third-order valence-electron chi connectivity index (χ3n) is 2.42. The van der Waals surface area contributed by atoms with Gasteiger partial charge in [0.05, 0.1) is 5.56 Å². The maximum Gasteiger partial charge on any atom is 0.243 e. The molecule has 0 radical (unpaired) electrons. The highest BCUT2D eigenvalue weighted by atomic mass is 79.9. The van der Waals surface area contributed by atoms with Crippen molar-refractivity contribution in [2.75, 3.05) is 9.38 Å². The molecule has 0 aromatic carbocycles. The molecule has 0 saturated carbocycles. The van der Waals surface area contributed by atoms with Crippen LogP contribution in [0.2, 0.25) is 0 Å². The normalized spacial score (nSPS) is 14.5. The molecule has 1 aromatic rings. The van der Waals surface area contributed by atoms with E-state index in [1.54, 1.807) is 0 Å². The Kier molecular flexibility index (Phi) is 3.24. The summed E-state index contributed by atoms with van der Waals surface area (Å²) in [6, 6.07) is 2.09. The fourth-order valence-corrected chi connectivity index (χ4v) is 4.18. The Labute approximate surface area is 106 Å². The molecule has 1 aliphatic carbocycles. The zero-order valence-electron chi connectivity index (χ0n) is 8.29. The number of sulfonamides is 1. The fraction of sp³-hybridized carbons (Fsp3) is 0.444. The van der Waals surface area contributed by atoms with Gasteiger partial charge in [-0.2, -0.15) is 5.26 Å². The summed E-state index contributed by atoms with van der Waals surface area (Å²) in [5.41, 5.74) is 1.53. The number of nitrogens with zero attached hydrogens (tertiary/aromatic N) is 1. The summed E-state index contributed by atoms with van der Waals surface area (Å²) in [4.78, 5) is 1.14. The van der Waals surface area contributed by atoms with Crippen molar-refractivity contribution in [1.29, 1.82) is 5.26 Å². The molecule has 4 nitrogen and oxygen atoms in total. The van der Waals surface area contributed by atoms with Crippen molar-refractivity contribution in [3.63, 3.8) is 0 Å². The smallest absolute Gasteiger partial charge is 0.243 e. The Balaban J connectivity index is 2.41. The van der Waals surface area contributed by atoms with Gasteiger partial charge in [0.25, 0.3) is 0 Å². The minimum atomic E-state index is -3.37. The molecule has 1 aromatic heterocycles. The van der Waals surface area contributed by atoms with E-state index < -0.39 is 10.0 Å². The second-order valence-corrected chi connectivity index (χ2v) is 7.63. The molecule has 2 rings (SSSR count). The van der Waals surface area contributed by atoms with E-state index in [1.165, 1.54) is 11.3 Å². The maximum atomic E-state index is 11.4. The molecule has 0 aliphatic heterocycles.